The molecule has 1 saturated heterocycles. The SMILES string of the molecule is CC1CCNCC1NS(=O)(=O)CCC(C)(C)C. The number of sulfonamides is 1. The van der Waals surface area contributed by atoms with Crippen molar-refractivity contribution < 1.29 is 8.42 Å². The third kappa shape index (κ3) is 5.84. The zero-order valence-electron chi connectivity index (χ0n) is 11.4. The maximum Gasteiger partial charge on any atom is 0.211 e. The summed E-state index contributed by atoms with van der Waals surface area (Å²) < 4.78 is 26.7. The molecule has 1 aliphatic heterocycles. The minimum atomic E-state index is -3.14. The molecule has 2 atom stereocenters. The summed E-state index contributed by atoms with van der Waals surface area (Å²) in [5, 5.41) is 3.23. The summed E-state index contributed by atoms with van der Waals surface area (Å²) in [5.74, 6) is 0.639. The van der Waals surface area contributed by atoms with Gasteiger partial charge in [-0.3, -0.25) is 0 Å². The van der Waals surface area contributed by atoms with E-state index >= 15 is 0 Å². The molecule has 1 aliphatic rings. The fourth-order valence-electron chi connectivity index (χ4n) is 1.88. The van der Waals surface area contributed by atoms with E-state index in [9.17, 15) is 8.42 Å². The molecule has 5 heteroatoms. The van der Waals surface area contributed by atoms with Gasteiger partial charge in [-0.25, -0.2) is 13.1 Å². The summed E-state index contributed by atoms with van der Waals surface area (Å²) in [6.45, 7) is 10.0. The molecule has 0 aliphatic carbocycles. The Hall–Kier alpha value is -0.130. The first-order chi connectivity index (χ1) is 7.70. The molecule has 0 amide bonds. The van der Waals surface area contributed by atoms with Crippen molar-refractivity contribution in [1.82, 2.24) is 10.0 Å². The highest BCUT2D eigenvalue weighted by molar-refractivity contribution is 7.89. The summed E-state index contributed by atoms with van der Waals surface area (Å²) >= 11 is 0. The largest absolute Gasteiger partial charge is 0.315 e. The molecule has 1 fully saturated rings. The number of rotatable bonds is 4. The van der Waals surface area contributed by atoms with Crippen LogP contribution < -0.4 is 10.0 Å². The number of nitrogens with one attached hydrogen (secondary N) is 2. The van der Waals surface area contributed by atoms with Crippen molar-refractivity contribution in [3.05, 3.63) is 0 Å². The highest BCUT2D eigenvalue weighted by Crippen LogP contribution is 2.19. The topological polar surface area (TPSA) is 58.2 Å². The Morgan fingerprint density at radius 1 is 1.35 bits per heavy atom. The van der Waals surface area contributed by atoms with Crippen molar-refractivity contribution in [2.75, 3.05) is 18.8 Å². The van der Waals surface area contributed by atoms with Gasteiger partial charge in [0.15, 0.2) is 0 Å². The molecule has 2 unspecified atom stereocenters. The van der Waals surface area contributed by atoms with Crippen molar-refractivity contribution in [2.24, 2.45) is 11.3 Å². The van der Waals surface area contributed by atoms with Crippen LogP contribution in [0.2, 0.25) is 0 Å². The van der Waals surface area contributed by atoms with Crippen LogP contribution >= 0.6 is 0 Å². The lowest BCUT2D eigenvalue weighted by atomic mass is 9.94. The number of hydrogen-bond donors (Lipinski definition) is 2. The van der Waals surface area contributed by atoms with Gasteiger partial charge in [-0.2, -0.15) is 0 Å². The standard InChI is InChI=1S/C12H26N2O2S/c1-10-5-7-13-9-11(10)14-17(15,16)8-6-12(2,3)4/h10-11,13-14H,5-9H2,1-4H3. The van der Waals surface area contributed by atoms with E-state index in [2.05, 4.69) is 37.7 Å². The van der Waals surface area contributed by atoms with E-state index in [1.807, 2.05) is 0 Å². The molecule has 0 bridgehead atoms. The van der Waals surface area contributed by atoms with Crippen molar-refractivity contribution >= 4 is 10.0 Å². The van der Waals surface area contributed by atoms with Gasteiger partial charge in [-0.1, -0.05) is 27.7 Å². The van der Waals surface area contributed by atoms with E-state index in [0.29, 0.717) is 12.3 Å². The molecule has 1 heterocycles. The zero-order chi connectivity index (χ0) is 13.1. The second-order valence-electron chi connectivity index (χ2n) is 6.32. The molecular weight excluding hydrogens is 236 g/mol. The Morgan fingerprint density at radius 3 is 2.53 bits per heavy atom. The minimum Gasteiger partial charge on any atom is -0.315 e. The molecule has 17 heavy (non-hydrogen) atoms. The van der Waals surface area contributed by atoms with E-state index in [1.54, 1.807) is 0 Å². The van der Waals surface area contributed by atoms with Crippen LogP contribution in [0.4, 0.5) is 0 Å². The van der Waals surface area contributed by atoms with E-state index < -0.39 is 10.0 Å². The van der Waals surface area contributed by atoms with Crippen LogP contribution in [-0.4, -0.2) is 33.3 Å². The van der Waals surface area contributed by atoms with Gasteiger partial charge in [-0.15, -0.1) is 0 Å². The predicted molar refractivity (Wildman–Crippen MR) is 71.4 cm³/mol. The van der Waals surface area contributed by atoms with E-state index in [-0.39, 0.29) is 17.2 Å². The average molecular weight is 262 g/mol. The predicted octanol–water partition coefficient (Wildman–Crippen LogP) is 1.34. The van der Waals surface area contributed by atoms with Gasteiger partial charge in [0.2, 0.25) is 10.0 Å². The van der Waals surface area contributed by atoms with Crippen LogP contribution in [0.25, 0.3) is 0 Å². The third-order valence-corrected chi connectivity index (χ3v) is 4.68. The lowest BCUT2D eigenvalue weighted by Crippen LogP contribution is -2.50. The van der Waals surface area contributed by atoms with Crippen LogP contribution in [0.15, 0.2) is 0 Å². The quantitative estimate of drug-likeness (QED) is 0.804. The Labute approximate surface area is 106 Å². The first-order valence-electron chi connectivity index (χ1n) is 6.40. The summed E-state index contributed by atoms with van der Waals surface area (Å²) in [4.78, 5) is 0. The van der Waals surface area contributed by atoms with E-state index in [0.717, 1.165) is 19.5 Å². The van der Waals surface area contributed by atoms with Gasteiger partial charge >= 0.3 is 0 Å². The van der Waals surface area contributed by atoms with Gasteiger partial charge in [0, 0.05) is 12.6 Å². The molecular formula is C12H26N2O2S. The molecule has 0 aromatic carbocycles. The lowest BCUT2D eigenvalue weighted by Gasteiger charge is -2.30. The van der Waals surface area contributed by atoms with Crippen LogP contribution in [0, 0.1) is 11.3 Å². The van der Waals surface area contributed by atoms with E-state index in [1.165, 1.54) is 0 Å². The molecule has 1 rings (SSSR count). The minimum absolute atomic E-state index is 0.0497. The van der Waals surface area contributed by atoms with Gasteiger partial charge in [-0.05, 0) is 30.7 Å². The summed E-state index contributed by atoms with van der Waals surface area (Å²) in [5.41, 5.74) is 0.0607. The first-order valence-corrected chi connectivity index (χ1v) is 8.05. The zero-order valence-corrected chi connectivity index (χ0v) is 12.2. The molecule has 0 spiro atoms. The van der Waals surface area contributed by atoms with Crippen LogP contribution in [0.5, 0.6) is 0 Å². The van der Waals surface area contributed by atoms with Crippen molar-refractivity contribution in [1.29, 1.82) is 0 Å². The Kier molecular flexibility index (Phi) is 4.98. The fraction of sp³-hybridized carbons (Fsp3) is 1.00. The lowest BCUT2D eigenvalue weighted by molar-refractivity contribution is 0.325. The van der Waals surface area contributed by atoms with Crippen molar-refractivity contribution in [2.45, 2.75) is 46.6 Å². The summed E-state index contributed by atoms with van der Waals surface area (Å²) in [6, 6.07) is 0.0497. The molecule has 0 aromatic rings. The average Bonchev–Trinajstić information content (AvgIpc) is 2.18. The van der Waals surface area contributed by atoms with Gasteiger partial charge in [0.1, 0.15) is 0 Å². The molecule has 0 aromatic heterocycles. The molecule has 0 saturated carbocycles. The smallest absolute Gasteiger partial charge is 0.211 e. The van der Waals surface area contributed by atoms with Crippen LogP contribution in [0.3, 0.4) is 0 Å². The highest BCUT2D eigenvalue weighted by atomic mass is 32.2. The van der Waals surface area contributed by atoms with Gasteiger partial charge in [0.05, 0.1) is 5.75 Å². The van der Waals surface area contributed by atoms with Crippen LogP contribution in [-0.2, 0) is 10.0 Å². The van der Waals surface area contributed by atoms with Crippen molar-refractivity contribution in [3.63, 3.8) is 0 Å². The van der Waals surface area contributed by atoms with Crippen molar-refractivity contribution in [3.8, 4) is 0 Å². The number of hydrogen-bond acceptors (Lipinski definition) is 3. The molecule has 0 radical (unpaired) electrons. The van der Waals surface area contributed by atoms with Crippen LogP contribution in [0.1, 0.15) is 40.5 Å². The first kappa shape index (κ1) is 14.9. The maximum absolute atomic E-state index is 12.0. The second-order valence-corrected chi connectivity index (χ2v) is 8.20. The highest BCUT2D eigenvalue weighted by Gasteiger charge is 2.26. The maximum atomic E-state index is 12.0. The molecule has 102 valence electrons. The monoisotopic (exact) mass is 262 g/mol. The normalized spacial score (nSPS) is 27.1. The third-order valence-electron chi connectivity index (χ3n) is 3.28. The molecule has 2 N–H and O–H groups in total. The second kappa shape index (κ2) is 5.67. The van der Waals surface area contributed by atoms with Gasteiger partial charge < -0.3 is 5.32 Å². The Bertz CT molecular complexity index is 333. The summed E-state index contributed by atoms with van der Waals surface area (Å²) in [7, 11) is -3.14. The Morgan fingerprint density at radius 2 is 2.00 bits per heavy atom. The Balaban J connectivity index is 2.48. The summed E-state index contributed by atoms with van der Waals surface area (Å²) in [6.07, 6.45) is 1.73. The fourth-order valence-corrected chi connectivity index (χ4v) is 3.65. The molecule has 4 nitrogen and oxygen atoms in total. The van der Waals surface area contributed by atoms with E-state index in [4.69, 9.17) is 0 Å². The van der Waals surface area contributed by atoms with Gasteiger partial charge in [0.25, 0.3) is 0 Å². The number of piperidine rings is 1.